The number of hydrogen-bond acceptors (Lipinski definition) is 3. The Bertz CT molecular complexity index is 1230. The van der Waals surface area contributed by atoms with Crippen LogP contribution in [0.25, 0.3) is 0 Å². The fourth-order valence-electron chi connectivity index (χ4n) is 3.84. The van der Waals surface area contributed by atoms with Gasteiger partial charge in [-0.05, 0) is 24.6 Å². The first-order valence-corrected chi connectivity index (χ1v) is 10.2. The van der Waals surface area contributed by atoms with Crippen LogP contribution in [0.4, 0.5) is 0 Å². The van der Waals surface area contributed by atoms with Crippen molar-refractivity contribution in [2.45, 2.75) is 26.4 Å². The number of benzene rings is 2. The number of aromatic nitrogens is 2. The SMILES string of the molecule is Cc1ccc(Cn2c(=O)c3c(n(C)c2=O)CCN(CC#Cc2ccccc2)C3)cc1. The van der Waals surface area contributed by atoms with Gasteiger partial charge in [-0.2, -0.15) is 0 Å². The van der Waals surface area contributed by atoms with Crippen LogP contribution in [0.2, 0.25) is 0 Å². The third-order valence-electron chi connectivity index (χ3n) is 5.59. The minimum Gasteiger partial charge on any atom is -0.300 e. The molecule has 0 atom stereocenters. The molecule has 5 heteroatoms. The maximum atomic E-state index is 13.2. The Morgan fingerprint density at radius 2 is 1.73 bits per heavy atom. The number of hydrogen-bond donors (Lipinski definition) is 0. The lowest BCUT2D eigenvalue weighted by atomic mass is 10.1. The summed E-state index contributed by atoms with van der Waals surface area (Å²) in [5, 5.41) is 0. The Morgan fingerprint density at radius 1 is 1.00 bits per heavy atom. The van der Waals surface area contributed by atoms with Crippen LogP contribution in [-0.2, 0) is 26.6 Å². The van der Waals surface area contributed by atoms with Gasteiger partial charge in [0.05, 0.1) is 18.7 Å². The molecule has 2 heterocycles. The van der Waals surface area contributed by atoms with Crippen molar-refractivity contribution in [2.24, 2.45) is 7.05 Å². The summed E-state index contributed by atoms with van der Waals surface area (Å²) in [6.07, 6.45) is 0.675. The van der Waals surface area contributed by atoms with Crippen molar-refractivity contribution >= 4 is 0 Å². The van der Waals surface area contributed by atoms with Crippen molar-refractivity contribution in [3.8, 4) is 11.8 Å². The summed E-state index contributed by atoms with van der Waals surface area (Å²) in [5.74, 6) is 6.38. The Morgan fingerprint density at radius 3 is 2.47 bits per heavy atom. The first-order chi connectivity index (χ1) is 14.5. The van der Waals surface area contributed by atoms with E-state index in [1.165, 1.54) is 4.57 Å². The van der Waals surface area contributed by atoms with E-state index in [1.54, 1.807) is 11.6 Å². The van der Waals surface area contributed by atoms with Crippen LogP contribution in [0, 0.1) is 18.8 Å². The molecule has 4 rings (SSSR count). The third-order valence-corrected chi connectivity index (χ3v) is 5.59. The largest absolute Gasteiger partial charge is 0.331 e. The molecular formula is C25H25N3O2. The lowest BCUT2D eigenvalue weighted by molar-refractivity contribution is 0.275. The van der Waals surface area contributed by atoms with Crippen LogP contribution in [0.15, 0.2) is 64.2 Å². The van der Waals surface area contributed by atoms with E-state index in [-0.39, 0.29) is 17.8 Å². The van der Waals surface area contributed by atoms with Gasteiger partial charge in [-0.25, -0.2) is 4.79 Å². The van der Waals surface area contributed by atoms with Crippen molar-refractivity contribution in [1.82, 2.24) is 14.0 Å². The van der Waals surface area contributed by atoms with Crippen molar-refractivity contribution in [3.63, 3.8) is 0 Å². The molecule has 0 N–H and O–H groups in total. The van der Waals surface area contributed by atoms with Crippen molar-refractivity contribution in [2.75, 3.05) is 13.1 Å². The molecule has 0 radical (unpaired) electrons. The standard InChI is InChI=1S/C25H25N3O2/c1-19-10-12-21(13-11-19)17-28-24(29)22-18-27(16-14-23(22)26(2)25(28)30)15-6-9-20-7-4-3-5-8-20/h3-5,7-8,10-13H,14-18H2,1-2H3. The van der Waals surface area contributed by atoms with E-state index < -0.39 is 0 Å². The highest BCUT2D eigenvalue weighted by Gasteiger charge is 2.23. The van der Waals surface area contributed by atoms with E-state index >= 15 is 0 Å². The highest BCUT2D eigenvalue weighted by molar-refractivity contribution is 5.34. The lowest BCUT2D eigenvalue weighted by Crippen LogP contribution is -2.47. The van der Waals surface area contributed by atoms with E-state index in [1.807, 2.05) is 61.5 Å². The van der Waals surface area contributed by atoms with Gasteiger partial charge in [-0.1, -0.05) is 59.9 Å². The summed E-state index contributed by atoms with van der Waals surface area (Å²) in [5.41, 5.74) is 4.19. The normalized spacial score (nSPS) is 13.4. The minimum atomic E-state index is -0.253. The van der Waals surface area contributed by atoms with Crippen LogP contribution < -0.4 is 11.2 Å². The summed E-state index contributed by atoms with van der Waals surface area (Å²) in [4.78, 5) is 28.2. The lowest BCUT2D eigenvalue weighted by Gasteiger charge is -2.28. The fraction of sp³-hybridized carbons (Fsp3) is 0.280. The average molecular weight is 399 g/mol. The molecule has 0 saturated heterocycles. The first-order valence-electron chi connectivity index (χ1n) is 10.2. The van der Waals surface area contributed by atoms with Gasteiger partial charge < -0.3 is 4.57 Å². The quantitative estimate of drug-likeness (QED) is 0.635. The van der Waals surface area contributed by atoms with Crippen molar-refractivity contribution in [3.05, 3.63) is 103 Å². The Hall–Kier alpha value is -3.36. The summed E-state index contributed by atoms with van der Waals surface area (Å²) in [7, 11) is 1.76. The van der Waals surface area contributed by atoms with Crippen LogP contribution in [0.3, 0.4) is 0 Å². The van der Waals surface area contributed by atoms with Gasteiger partial charge in [0.1, 0.15) is 0 Å². The minimum absolute atomic E-state index is 0.186. The van der Waals surface area contributed by atoms with E-state index in [0.29, 0.717) is 25.1 Å². The zero-order valence-electron chi connectivity index (χ0n) is 17.4. The Labute approximate surface area is 176 Å². The summed E-state index contributed by atoms with van der Waals surface area (Å²) in [6.45, 7) is 4.19. The predicted octanol–water partition coefficient (Wildman–Crippen LogP) is 2.31. The molecule has 0 aliphatic carbocycles. The van der Waals surface area contributed by atoms with Crippen LogP contribution in [-0.4, -0.2) is 27.1 Å². The molecule has 152 valence electrons. The van der Waals surface area contributed by atoms with E-state index in [9.17, 15) is 9.59 Å². The molecule has 0 saturated carbocycles. The molecule has 0 amide bonds. The maximum Gasteiger partial charge on any atom is 0.331 e. The van der Waals surface area contributed by atoms with Gasteiger partial charge in [0.25, 0.3) is 5.56 Å². The number of rotatable bonds is 3. The number of nitrogens with zero attached hydrogens (tertiary/aromatic N) is 3. The summed E-state index contributed by atoms with van der Waals surface area (Å²) >= 11 is 0. The summed E-state index contributed by atoms with van der Waals surface area (Å²) in [6, 6.07) is 17.8. The van der Waals surface area contributed by atoms with Gasteiger partial charge in [-0.15, -0.1) is 0 Å². The third kappa shape index (κ3) is 4.14. The molecule has 0 unspecified atom stereocenters. The highest BCUT2D eigenvalue weighted by Crippen LogP contribution is 2.14. The van der Waals surface area contributed by atoms with E-state index in [2.05, 4.69) is 16.7 Å². The average Bonchev–Trinajstić information content (AvgIpc) is 2.77. The molecule has 1 aliphatic rings. The first kappa shape index (κ1) is 19.9. The van der Waals surface area contributed by atoms with Gasteiger partial charge in [0, 0.05) is 37.8 Å². The Kier molecular flexibility index (Phi) is 5.69. The molecular weight excluding hydrogens is 374 g/mol. The molecule has 2 aromatic carbocycles. The number of fused-ring (bicyclic) bond motifs is 1. The Balaban J connectivity index is 1.59. The summed E-state index contributed by atoms with van der Waals surface area (Å²) < 4.78 is 2.99. The molecule has 0 bridgehead atoms. The second-order valence-corrected chi connectivity index (χ2v) is 7.77. The van der Waals surface area contributed by atoms with Gasteiger partial charge in [0.15, 0.2) is 0 Å². The molecule has 1 aliphatic heterocycles. The van der Waals surface area contributed by atoms with Gasteiger partial charge in [0.2, 0.25) is 0 Å². The highest BCUT2D eigenvalue weighted by atomic mass is 16.2. The zero-order valence-corrected chi connectivity index (χ0v) is 17.4. The molecule has 5 nitrogen and oxygen atoms in total. The predicted molar refractivity (Wildman–Crippen MR) is 119 cm³/mol. The van der Waals surface area contributed by atoms with Crippen molar-refractivity contribution < 1.29 is 0 Å². The molecule has 1 aromatic heterocycles. The van der Waals surface area contributed by atoms with Crippen LogP contribution >= 0.6 is 0 Å². The molecule has 0 fully saturated rings. The second kappa shape index (κ2) is 8.56. The zero-order chi connectivity index (χ0) is 21.1. The van der Waals surface area contributed by atoms with Gasteiger partial charge >= 0.3 is 5.69 Å². The van der Waals surface area contributed by atoms with Crippen molar-refractivity contribution in [1.29, 1.82) is 0 Å². The van der Waals surface area contributed by atoms with Gasteiger partial charge in [-0.3, -0.25) is 14.3 Å². The topological polar surface area (TPSA) is 47.2 Å². The van der Waals surface area contributed by atoms with Crippen LogP contribution in [0.5, 0.6) is 0 Å². The fourth-order valence-corrected chi connectivity index (χ4v) is 3.84. The maximum absolute atomic E-state index is 13.2. The molecule has 3 aromatic rings. The number of aryl methyl sites for hydroxylation is 1. The van der Waals surface area contributed by atoms with Crippen LogP contribution in [0.1, 0.15) is 27.9 Å². The van der Waals surface area contributed by atoms with E-state index in [0.717, 1.165) is 28.9 Å². The van der Waals surface area contributed by atoms with E-state index in [4.69, 9.17) is 0 Å². The monoisotopic (exact) mass is 399 g/mol. The molecule has 0 spiro atoms. The second-order valence-electron chi connectivity index (χ2n) is 7.77. The molecule has 30 heavy (non-hydrogen) atoms. The smallest absolute Gasteiger partial charge is 0.300 e.